The van der Waals surface area contributed by atoms with Crippen LogP contribution in [0.1, 0.15) is 47.2 Å². The zero-order valence-corrected chi connectivity index (χ0v) is 28.2. The van der Waals surface area contributed by atoms with Crippen molar-refractivity contribution in [3.05, 3.63) is 88.4 Å². The Bertz CT molecular complexity index is 1660. The Hall–Kier alpha value is -4.77. The van der Waals surface area contributed by atoms with Crippen LogP contribution in [0.2, 0.25) is 5.02 Å². The van der Waals surface area contributed by atoms with E-state index in [4.69, 9.17) is 25.8 Å². The van der Waals surface area contributed by atoms with Crippen LogP contribution in [0.3, 0.4) is 0 Å². The Kier molecular flexibility index (Phi) is 10.9. The average Bonchev–Trinajstić information content (AvgIpc) is 3.13. The Morgan fingerprint density at radius 2 is 1.57 bits per heavy atom. The fourth-order valence-electron chi connectivity index (χ4n) is 6.56. The van der Waals surface area contributed by atoms with Gasteiger partial charge in [0.15, 0.2) is 18.1 Å². The molecule has 11 nitrogen and oxygen atoms in total. The van der Waals surface area contributed by atoms with Gasteiger partial charge in [-0.1, -0.05) is 29.8 Å². The lowest BCUT2D eigenvalue weighted by molar-refractivity contribution is -0.140. The largest absolute Gasteiger partial charge is 0.493 e. The summed E-state index contributed by atoms with van der Waals surface area (Å²) >= 11 is 5.98. The molecule has 2 atom stereocenters. The molecule has 12 heteroatoms. The molecule has 3 aromatic carbocycles. The van der Waals surface area contributed by atoms with Crippen molar-refractivity contribution in [1.82, 2.24) is 20.4 Å². The number of likely N-dealkylation sites (tertiary alicyclic amines) is 2. The van der Waals surface area contributed by atoms with Crippen molar-refractivity contribution in [3.63, 3.8) is 0 Å². The van der Waals surface area contributed by atoms with Gasteiger partial charge in [0.25, 0.3) is 11.8 Å². The number of halogens is 1. The smallest absolute Gasteiger partial charge is 0.258 e. The van der Waals surface area contributed by atoms with Crippen LogP contribution in [0, 0.1) is 5.92 Å². The van der Waals surface area contributed by atoms with Gasteiger partial charge in [0.1, 0.15) is 11.9 Å². The number of nitrogens with one attached hydrogen (secondary N) is 2. The van der Waals surface area contributed by atoms with E-state index in [1.807, 2.05) is 36.4 Å². The van der Waals surface area contributed by atoms with Crippen LogP contribution in [0.15, 0.2) is 66.7 Å². The van der Waals surface area contributed by atoms with Gasteiger partial charge >= 0.3 is 0 Å². The molecule has 258 valence electrons. The highest BCUT2D eigenvalue weighted by Gasteiger charge is 2.37. The molecule has 6 aliphatic rings. The Labute approximate surface area is 290 Å². The van der Waals surface area contributed by atoms with E-state index in [2.05, 4.69) is 10.6 Å². The molecule has 6 aliphatic heterocycles. The number of carbonyl (C=O) groups is 4. The van der Waals surface area contributed by atoms with Gasteiger partial charge in [0.2, 0.25) is 11.8 Å². The zero-order valence-electron chi connectivity index (χ0n) is 27.5. The predicted octanol–water partition coefficient (Wildman–Crippen LogP) is 4.01. The molecule has 0 unspecified atom stereocenters. The minimum Gasteiger partial charge on any atom is -0.493 e. The standard InChI is InChI=1S/C37H41ClN4O7/c1-47-33-20-24-4-12-32(33)48-23-35(44)40-30-22-42(19-16-31(30)49-29-10-2-25(3-11-29)21-39-34(43)13-5-24)37(46)27-14-17-41(18-15-27)36(45)26-6-8-28(38)9-7-26/h2-4,6-12,20,27,30-31H,5,13-19,21-23H2,1H3,(H,39,43)(H,40,44)/t30-,31-/m1/s1. The highest BCUT2D eigenvalue weighted by atomic mass is 35.5. The minimum absolute atomic E-state index is 0.0187. The molecule has 2 fully saturated rings. The van der Waals surface area contributed by atoms with Crippen LogP contribution in [-0.2, 0) is 27.3 Å². The van der Waals surface area contributed by atoms with Crippen molar-refractivity contribution in [2.24, 2.45) is 5.92 Å². The van der Waals surface area contributed by atoms with E-state index < -0.39 is 12.1 Å². The number of piperidine rings is 2. The molecule has 2 N–H and O–H groups in total. The first kappa shape index (κ1) is 34.1. The summed E-state index contributed by atoms with van der Waals surface area (Å²) in [7, 11) is 1.53. The van der Waals surface area contributed by atoms with E-state index in [-0.39, 0.29) is 42.7 Å². The quantitative estimate of drug-likeness (QED) is 0.426. The molecular formula is C37H41ClN4O7. The molecule has 0 radical (unpaired) electrons. The van der Waals surface area contributed by atoms with Crippen molar-refractivity contribution >= 4 is 35.2 Å². The van der Waals surface area contributed by atoms with Gasteiger partial charge in [-0.2, -0.15) is 0 Å². The van der Waals surface area contributed by atoms with E-state index in [0.717, 1.165) is 11.1 Å². The number of amides is 4. The second kappa shape index (κ2) is 15.6. The highest BCUT2D eigenvalue weighted by molar-refractivity contribution is 6.30. The molecule has 6 heterocycles. The number of ether oxygens (including phenoxy) is 3. The van der Waals surface area contributed by atoms with Crippen LogP contribution in [0.5, 0.6) is 17.2 Å². The summed E-state index contributed by atoms with van der Waals surface area (Å²) in [5, 5.41) is 6.60. The third kappa shape index (κ3) is 8.64. The average molecular weight is 689 g/mol. The van der Waals surface area contributed by atoms with E-state index in [1.54, 1.807) is 40.1 Å². The predicted molar refractivity (Wildman–Crippen MR) is 183 cm³/mol. The fourth-order valence-corrected chi connectivity index (χ4v) is 6.69. The number of methoxy groups -OCH3 is 1. The molecule has 2 saturated heterocycles. The summed E-state index contributed by atoms with van der Waals surface area (Å²) in [6, 6.07) is 19.3. The van der Waals surface area contributed by atoms with Crippen molar-refractivity contribution in [3.8, 4) is 17.2 Å². The fraction of sp³-hybridized carbons (Fsp3) is 0.405. The first-order valence-electron chi connectivity index (χ1n) is 16.7. The third-order valence-electron chi connectivity index (χ3n) is 9.36. The monoisotopic (exact) mass is 688 g/mol. The maximum absolute atomic E-state index is 13.8. The van der Waals surface area contributed by atoms with Gasteiger partial charge in [-0.3, -0.25) is 19.2 Å². The normalized spacial score (nSPS) is 20.7. The summed E-state index contributed by atoms with van der Waals surface area (Å²) in [5.74, 6) is 0.824. The van der Waals surface area contributed by atoms with Gasteiger partial charge in [0, 0.05) is 62.1 Å². The number of carbonyl (C=O) groups excluding carboxylic acids is 4. The molecule has 3 aromatic rings. The van der Waals surface area contributed by atoms with Crippen LogP contribution in [0.25, 0.3) is 0 Å². The van der Waals surface area contributed by atoms with Crippen molar-refractivity contribution < 1.29 is 33.4 Å². The topological polar surface area (TPSA) is 127 Å². The van der Waals surface area contributed by atoms with Crippen molar-refractivity contribution in [2.45, 2.75) is 50.8 Å². The van der Waals surface area contributed by atoms with Crippen LogP contribution in [-0.4, -0.2) is 85.5 Å². The number of benzene rings is 3. The first-order chi connectivity index (χ1) is 23.7. The van der Waals surface area contributed by atoms with Crippen LogP contribution < -0.4 is 24.8 Å². The van der Waals surface area contributed by atoms with E-state index in [0.29, 0.717) is 86.1 Å². The van der Waals surface area contributed by atoms with E-state index in [9.17, 15) is 19.2 Å². The SMILES string of the molecule is COc1cc2ccc1OCC(=O)N[C@@H]1CN(C(=O)C3CCN(C(=O)c4ccc(Cl)cc4)CC3)CC[C@H]1Oc1ccc(cc1)CNC(=O)CC2. The molecule has 9 rings (SSSR count). The second-order valence-electron chi connectivity index (χ2n) is 12.7. The Morgan fingerprint density at radius 1 is 0.857 bits per heavy atom. The lowest BCUT2D eigenvalue weighted by Crippen LogP contribution is -2.59. The minimum atomic E-state index is -0.491. The number of aryl methyl sites for hydroxylation is 1. The number of hydrogen-bond acceptors (Lipinski definition) is 7. The summed E-state index contributed by atoms with van der Waals surface area (Å²) in [5.41, 5.74) is 2.42. The summed E-state index contributed by atoms with van der Waals surface area (Å²) in [4.78, 5) is 56.1. The molecule has 4 bridgehead atoms. The number of hydrogen-bond donors (Lipinski definition) is 2. The van der Waals surface area contributed by atoms with Gasteiger partial charge in [-0.25, -0.2) is 0 Å². The lowest BCUT2D eigenvalue weighted by atomic mass is 9.92. The van der Waals surface area contributed by atoms with E-state index in [1.165, 1.54) is 7.11 Å². The summed E-state index contributed by atoms with van der Waals surface area (Å²) in [6.07, 6.45) is 2.09. The second-order valence-corrected chi connectivity index (χ2v) is 13.1. The number of nitrogens with zero attached hydrogens (tertiary/aromatic N) is 2. The number of rotatable bonds is 3. The summed E-state index contributed by atoms with van der Waals surface area (Å²) in [6.45, 7) is 1.86. The van der Waals surface area contributed by atoms with Crippen molar-refractivity contribution in [2.75, 3.05) is 39.9 Å². The molecule has 0 spiro atoms. The Morgan fingerprint density at radius 3 is 2.31 bits per heavy atom. The zero-order chi connectivity index (χ0) is 34.3. The lowest BCUT2D eigenvalue weighted by Gasteiger charge is -2.41. The van der Waals surface area contributed by atoms with Gasteiger partial charge in [-0.15, -0.1) is 0 Å². The molecular weight excluding hydrogens is 648 g/mol. The van der Waals surface area contributed by atoms with Crippen LogP contribution >= 0.6 is 11.6 Å². The Balaban J connectivity index is 1.13. The molecule has 4 amide bonds. The molecule has 0 aromatic heterocycles. The molecule has 0 saturated carbocycles. The van der Waals surface area contributed by atoms with E-state index >= 15 is 0 Å². The van der Waals surface area contributed by atoms with Gasteiger partial charge in [-0.05, 0) is 78.9 Å². The molecule has 0 aliphatic carbocycles. The maximum Gasteiger partial charge on any atom is 0.258 e. The van der Waals surface area contributed by atoms with Gasteiger partial charge < -0.3 is 34.6 Å². The maximum atomic E-state index is 13.8. The van der Waals surface area contributed by atoms with Gasteiger partial charge in [0.05, 0.1) is 13.2 Å². The third-order valence-corrected chi connectivity index (χ3v) is 9.61. The molecule has 49 heavy (non-hydrogen) atoms. The van der Waals surface area contributed by atoms with Crippen LogP contribution in [0.4, 0.5) is 0 Å². The van der Waals surface area contributed by atoms with Crippen molar-refractivity contribution in [1.29, 1.82) is 0 Å². The summed E-state index contributed by atoms with van der Waals surface area (Å²) < 4.78 is 17.7. The highest BCUT2D eigenvalue weighted by Crippen LogP contribution is 2.29. The first-order valence-corrected chi connectivity index (χ1v) is 17.1.